The molecule has 1 fully saturated rings. The Morgan fingerprint density at radius 3 is 2.43 bits per heavy atom. The monoisotopic (exact) mass is 484 g/mol. The lowest BCUT2D eigenvalue weighted by Gasteiger charge is -2.27. The number of carbonyl (C=O) groups excluding carboxylic acids is 2. The molecule has 0 unspecified atom stereocenters. The highest BCUT2D eigenvalue weighted by molar-refractivity contribution is 14.1. The average Bonchev–Trinajstić information content (AvgIpc) is 2.74. The van der Waals surface area contributed by atoms with Crippen molar-refractivity contribution in [2.24, 2.45) is 0 Å². The highest BCUT2D eigenvalue weighted by Crippen LogP contribution is 2.25. The number of hydrogen-bond donors (Lipinski definition) is 1. The van der Waals surface area contributed by atoms with Gasteiger partial charge in [0.15, 0.2) is 0 Å². The smallest absolute Gasteiger partial charge is 0.256 e. The van der Waals surface area contributed by atoms with Gasteiger partial charge in [0.1, 0.15) is 0 Å². The third-order valence-electron chi connectivity index (χ3n) is 5.14. The van der Waals surface area contributed by atoms with Crippen LogP contribution in [-0.2, 0) is 0 Å². The maximum absolute atomic E-state index is 13.1. The number of amides is 2. The van der Waals surface area contributed by atoms with E-state index in [0.29, 0.717) is 16.8 Å². The first-order valence-electron chi connectivity index (χ1n) is 9.51. The molecule has 1 aliphatic rings. The van der Waals surface area contributed by atoms with Crippen LogP contribution in [0.1, 0.15) is 40.0 Å². The van der Waals surface area contributed by atoms with Crippen molar-refractivity contribution in [2.75, 3.05) is 18.4 Å². The number of rotatable bonds is 3. The van der Waals surface area contributed by atoms with Crippen molar-refractivity contribution in [3.8, 4) is 0 Å². The fourth-order valence-corrected chi connectivity index (χ4v) is 4.17. The molecule has 142 valence electrons. The standard InChI is InChI=1S/C23H21IN2O2/c24-17-11-12-21(20(15-17)23(28)26-13-4-1-5-14-26)25-22(27)19-10-6-8-16-7-2-3-9-18(16)19/h2-3,6-12,15H,1,4-5,13-14H2,(H,25,27). The van der Waals surface area contributed by atoms with E-state index < -0.39 is 0 Å². The average molecular weight is 484 g/mol. The maximum Gasteiger partial charge on any atom is 0.256 e. The Bertz CT molecular complexity index is 1040. The van der Waals surface area contributed by atoms with E-state index in [1.165, 1.54) is 6.42 Å². The lowest BCUT2D eigenvalue weighted by atomic mass is 10.0. The van der Waals surface area contributed by atoms with Crippen molar-refractivity contribution < 1.29 is 9.59 Å². The Hall–Kier alpha value is -2.41. The molecule has 5 heteroatoms. The van der Waals surface area contributed by atoms with Gasteiger partial charge in [-0.3, -0.25) is 9.59 Å². The maximum atomic E-state index is 13.1. The van der Waals surface area contributed by atoms with Crippen LogP contribution >= 0.6 is 22.6 Å². The molecule has 0 aliphatic carbocycles. The number of halogens is 1. The van der Waals surface area contributed by atoms with Crippen LogP contribution in [0.2, 0.25) is 0 Å². The molecule has 1 aliphatic heterocycles. The Balaban J connectivity index is 1.66. The zero-order valence-corrected chi connectivity index (χ0v) is 17.6. The molecule has 0 radical (unpaired) electrons. The highest BCUT2D eigenvalue weighted by atomic mass is 127. The Labute approximate surface area is 178 Å². The largest absolute Gasteiger partial charge is 0.339 e. The Kier molecular flexibility index (Phi) is 5.62. The number of likely N-dealkylation sites (tertiary alicyclic amines) is 1. The summed E-state index contributed by atoms with van der Waals surface area (Å²) in [4.78, 5) is 28.0. The first-order valence-corrected chi connectivity index (χ1v) is 10.6. The van der Waals surface area contributed by atoms with E-state index in [2.05, 4.69) is 27.9 Å². The second kappa shape index (κ2) is 8.31. The number of benzene rings is 3. The van der Waals surface area contributed by atoms with E-state index in [9.17, 15) is 9.59 Å². The lowest BCUT2D eigenvalue weighted by Crippen LogP contribution is -2.36. The number of piperidine rings is 1. The molecule has 3 aromatic rings. The highest BCUT2D eigenvalue weighted by Gasteiger charge is 2.22. The van der Waals surface area contributed by atoms with E-state index in [1.54, 1.807) is 0 Å². The fourth-order valence-electron chi connectivity index (χ4n) is 3.68. The summed E-state index contributed by atoms with van der Waals surface area (Å²) >= 11 is 2.20. The first kappa shape index (κ1) is 18.9. The van der Waals surface area contributed by atoms with E-state index in [0.717, 1.165) is 40.3 Å². The van der Waals surface area contributed by atoms with Crippen LogP contribution in [-0.4, -0.2) is 29.8 Å². The number of anilines is 1. The topological polar surface area (TPSA) is 49.4 Å². The molecule has 0 spiro atoms. The molecule has 1 saturated heterocycles. The van der Waals surface area contributed by atoms with E-state index >= 15 is 0 Å². The molecule has 0 saturated carbocycles. The third-order valence-corrected chi connectivity index (χ3v) is 5.81. The SMILES string of the molecule is O=C(Nc1ccc(I)cc1C(=O)N1CCCCC1)c1cccc2ccccc12. The predicted octanol–water partition coefficient (Wildman–Crippen LogP) is 5.32. The van der Waals surface area contributed by atoms with E-state index in [-0.39, 0.29) is 11.8 Å². The quantitative estimate of drug-likeness (QED) is 0.512. The molecule has 0 atom stereocenters. The van der Waals surface area contributed by atoms with Gasteiger partial charge in [0, 0.05) is 22.2 Å². The van der Waals surface area contributed by atoms with Crippen molar-refractivity contribution >= 4 is 50.9 Å². The summed E-state index contributed by atoms with van der Waals surface area (Å²) in [6, 6.07) is 19.1. The Morgan fingerprint density at radius 1 is 0.857 bits per heavy atom. The summed E-state index contributed by atoms with van der Waals surface area (Å²) in [5, 5.41) is 4.89. The van der Waals surface area contributed by atoms with Crippen molar-refractivity contribution in [1.29, 1.82) is 0 Å². The predicted molar refractivity (Wildman–Crippen MR) is 121 cm³/mol. The van der Waals surface area contributed by atoms with E-state index in [1.807, 2.05) is 65.6 Å². The normalized spacial score (nSPS) is 14.1. The molecular formula is C23H21IN2O2. The van der Waals surface area contributed by atoms with E-state index in [4.69, 9.17) is 0 Å². The molecule has 0 aromatic heterocycles. The van der Waals surface area contributed by atoms with Gasteiger partial charge in [-0.15, -0.1) is 0 Å². The van der Waals surface area contributed by atoms with Crippen LogP contribution in [0.25, 0.3) is 10.8 Å². The van der Waals surface area contributed by atoms with Crippen LogP contribution < -0.4 is 5.32 Å². The minimum atomic E-state index is -0.203. The minimum Gasteiger partial charge on any atom is -0.339 e. The number of nitrogens with one attached hydrogen (secondary N) is 1. The van der Waals surface area contributed by atoms with Gasteiger partial charge in [-0.2, -0.15) is 0 Å². The summed E-state index contributed by atoms with van der Waals surface area (Å²) in [7, 11) is 0. The van der Waals surface area contributed by atoms with Crippen molar-refractivity contribution in [2.45, 2.75) is 19.3 Å². The van der Waals surface area contributed by atoms with Crippen LogP contribution in [0.15, 0.2) is 60.7 Å². The van der Waals surface area contributed by atoms with Crippen LogP contribution in [0.3, 0.4) is 0 Å². The van der Waals surface area contributed by atoms with Gasteiger partial charge in [0.05, 0.1) is 11.3 Å². The van der Waals surface area contributed by atoms with Crippen LogP contribution in [0.4, 0.5) is 5.69 Å². The summed E-state index contributed by atoms with van der Waals surface area (Å²) < 4.78 is 0.973. The zero-order chi connectivity index (χ0) is 19.5. The van der Waals surface area contributed by atoms with Crippen molar-refractivity contribution in [3.63, 3.8) is 0 Å². The van der Waals surface area contributed by atoms with Gasteiger partial charge in [0.2, 0.25) is 0 Å². The van der Waals surface area contributed by atoms with Gasteiger partial charge in [-0.1, -0.05) is 36.4 Å². The molecule has 4 rings (SSSR count). The number of fused-ring (bicyclic) bond motifs is 1. The summed E-state index contributed by atoms with van der Waals surface area (Å²) in [6.07, 6.45) is 3.24. The second-order valence-corrected chi connectivity index (χ2v) is 8.27. The van der Waals surface area contributed by atoms with Crippen molar-refractivity contribution in [3.05, 3.63) is 75.4 Å². The van der Waals surface area contributed by atoms with Crippen molar-refractivity contribution in [1.82, 2.24) is 4.90 Å². The van der Waals surface area contributed by atoms with Crippen LogP contribution in [0, 0.1) is 3.57 Å². The summed E-state index contributed by atoms with van der Waals surface area (Å²) in [5.74, 6) is -0.211. The molecule has 28 heavy (non-hydrogen) atoms. The van der Waals surface area contributed by atoms with Gasteiger partial charge in [-0.05, 0) is 76.9 Å². The van der Waals surface area contributed by atoms with Gasteiger partial charge in [-0.25, -0.2) is 0 Å². The molecule has 3 aromatic carbocycles. The molecular weight excluding hydrogens is 463 g/mol. The number of nitrogens with zero attached hydrogens (tertiary/aromatic N) is 1. The molecule has 4 nitrogen and oxygen atoms in total. The summed E-state index contributed by atoms with van der Waals surface area (Å²) in [6.45, 7) is 1.56. The summed E-state index contributed by atoms with van der Waals surface area (Å²) in [5.41, 5.74) is 1.73. The second-order valence-electron chi connectivity index (χ2n) is 7.02. The molecule has 0 bridgehead atoms. The van der Waals surface area contributed by atoms with Crippen LogP contribution in [0.5, 0.6) is 0 Å². The minimum absolute atomic E-state index is 0.00793. The van der Waals surface area contributed by atoms with Gasteiger partial charge >= 0.3 is 0 Å². The third kappa shape index (κ3) is 3.90. The number of hydrogen-bond acceptors (Lipinski definition) is 2. The number of carbonyl (C=O) groups is 2. The first-order chi connectivity index (χ1) is 13.6. The molecule has 1 N–H and O–H groups in total. The Morgan fingerprint density at radius 2 is 1.61 bits per heavy atom. The lowest BCUT2D eigenvalue weighted by molar-refractivity contribution is 0.0725. The fraction of sp³-hybridized carbons (Fsp3) is 0.217. The molecule has 2 amide bonds. The van der Waals surface area contributed by atoms with Gasteiger partial charge < -0.3 is 10.2 Å². The zero-order valence-electron chi connectivity index (χ0n) is 15.5. The molecule has 1 heterocycles. The van der Waals surface area contributed by atoms with Gasteiger partial charge in [0.25, 0.3) is 11.8 Å².